The number of nitro benzene ring substituents is 1. The van der Waals surface area contributed by atoms with E-state index in [1.165, 1.54) is 12.1 Å². The maximum atomic E-state index is 11.3. The van der Waals surface area contributed by atoms with Gasteiger partial charge in [-0.15, -0.1) is 0 Å². The van der Waals surface area contributed by atoms with Crippen molar-refractivity contribution in [2.45, 2.75) is 11.0 Å². The number of benzene rings is 1. The summed E-state index contributed by atoms with van der Waals surface area (Å²) in [7, 11) is -0.166. The van der Waals surface area contributed by atoms with Crippen molar-refractivity contribution in [3.8, 4) is 0 Å². The monoisotopic (exact) mass is 329 g/mol. The van der Waals surface area contributed by atoms with Gasteiger partial charge in [0.1, 0.15) is 5.69 Å². The van der Waals surface area contributed by atoms with Crippen LogP contribution in [-0.4, -0.2) is 50.6 Å². The van der Waals surface area contributed by atoms with Crippen LogP contribution in [-0.2, 0) is 14.8 Å². The molecule has 1 unspecified atom stereocenters. The molecule has 1 atom stereocenters. The van der Waals surface area contributed by atoms with E-state index in [-0.39, 0.29) is 22.4 Å². The average molecular weight is 329 g/mol. The maximum absolute atomic E-state index is 11.3. The molecule has 0 aromatic heterocycles. The second-order valence-corrected chi connectivity index (χ2v) is 6.49. The van der Waals surface area contributed by atoms with Gasteiger partial charge in [-0.25, -0.2) is 13.6 Å². The highest BCUT2D eigenvalue weighted by Crippen LogP contribution is 2.27. The van der Waals surface area contributed by atoms with E-state index in [4.69, 9.17) is 9.88 Å². The molecule has 1 aromatic carbocycles. The van der Waals surface area contributed by atoms with E-state index in [0.717, 1.165) is 12.6 Å². The van der Waals surface area contributed by atoms with Gasteiger partial charge in [0.15, 0.2) is 0 Å². The molecule has 1 aliphatic rings. The Kier molecular flexibility index (Phi) is 4.96. The van der Waals surface area contributed by atoms with E-state index in [9.17, 15) is 18.5 Å². The number of hydrogen-bond donors (Lipinski definition) is 2. The van der Waals surface area contributed by atoms with Gasteiger partial charge < -0.3 is 10.1 Å². The predicted octanol–water partition coefficient (Wildman–Crippen LogP) is 0.146. The Hall–Kier alpha value is -1.75. The van der Waals surface area contributed by atoms with Crippen LogP contribution < -0.4 is 10.5 Å². The number of hydrogen-bond acceptors (Lipinski definition) is 7. The number of anilines is 1. The quantitative estimate of drug-likeness (QED) is 0.581. The molecule has 1 saturated heterocycles. The topological polar surface area (TPSA) is 128 Å². The van der Waals surface area contributed by atoms with Gasteiger partial charge in [-0.3, -0.25) is 15.0 Å². The molecule has 3 N–H and O–H groups in total. The fourth-order valence-corrected chi connectivity index (χ4v) is 2.65. The number of primary sulfonamides is 1. The zero-order valence-corrected chi connectivity index (χ0v) is 12.6. The molecule has 22 heavy (non-hydrogen) atoms. The van der Waals surface area contributed by atoms with Crippen LogP contribution in [0.3, 0.4) is 0 Å². The van der Waals surface area contributed by atoms with E-state index in [1.54, 1.807) is 0 Å². The van der Waals surface area contributed by atoms with Gasteiger partial charge in [0.05, 0.1) is 22.5 Å². The Labute approximate surface area is 128 Å². The van der Waals surface area contributed by atoms with Crippen LogP contribution in [0.15, 0.2) is 23.1 Å². The summed E-state index contributed by atoms with van der Waals surface area (Å²) in [5.41, 5.74) is -0.143. The van der Waals surface area contributed by atoms with Crippen molar-refractivity contribution in [3.05, 3.63) is 35.4 Å². The lowest BCUT2D eigenvalue weighted by Crippen LogP contribution is -2.42. The summed E-state index contributed by atoms with van der Waals surface area (Å²) in [4.78, 5) is 12.0. The molecule has 0 amide bonds. The third kappa shape index (κ3) is 4.13. The number of sulfonamides is 1. The Balaban J connectivity index is 2.15. The summed E-state index contributed by atoms with van der Waals surface area (Å²) >= 11 is 0. The number of nitrogens with two attached hydrogens (primary N) is 1. The lowest BCUT2D eigenvalue weighted by molar-refractivity contribution is -0.384. The lowest BCUT2D eigenvalue weighted by atomic mass is 10.2. The van der Waals surface area contributed by atoms with E-state index in [1.807, 2.05) is 4.90 Å². The normalized spacial score (nSPS) is 19.8. The Morgan fingerprint density at radius 1 is 1.55 bits per heavy atom. The molecule has 0 bridgehead atoms. The van der Waals surface area contributed by atoms with Crippen LogP contribution in [0.5, 0.6) is 0 Å². The molecule has 10 heteroatoms. The molecule has 0 saturated carbocycles. The van der Waals surface area contributed by atoms with Crippen LogP contribution in [0.4, 0.5) is 11.4 Å². The standard InChI is InChI=1S/C12H17N4O5S/c1-15-4-5-21-9(8-15)7-14-11-3-2-10(22(13,19)20)6-12(11)16(17)18/h2-3,6,9,14H,1,4-5,7-8H2,(H2,13,19,20). The number of nitro groups is 1. The molecule has 1 radical (unpaired) electrons. The van der Waals surface area contributed by atoms with Crippen molar-refractivity contribution in [1.29, 1.82) is 0 Å². The van der Waals surface area contributed by atoms with Gasteiger partial charge in [-0.1, -0.05) is 0 Å². The molecular weight excluding hydrogens is 312 g/mol. The van der Waals surface area contributed by atoms with Crippen molar-refractivity contribution in [3.63, 3.8) is 0 Å². The molecule has 121 valence electrons. The number of ether oxygens (including phenoxy) is 1. The van der Waals surface area contributed by atoms with Crippen molar-refractivity contribution in [2.24, 2.45) is 5.14 Å². The fourth-order valence-electron chi connectivity index (χ4n) is 2.12. The zero-order valence-electron chi connectivity index (χ0n) is 11.8. The van der Waals surface area contributed by atoms with Crippen LogP contribution in [0, 0.1) is 17.2 Å². The number of nitrogens with one attached hydrogen (secondary N) is 1. The summed E-state index contributed by atoms with van der Waals surface area (Å²) in [6.45, 7) is 2.24. The van der Waals surface area contributed by atoms with E-state index in [2.05, 4.69) is 12.4 Å². The first kappa shape index (κ1) is 16.6. The van der Waals surface area contributed by atoms with Gasteiger partial charge >= 0.3 is 0 Å². The zero-order chi connectivity index (χ0) is 16.3. The largest absolute Gasteiger partial charge is 0.377 e. The summed E-state index contributed by atoms with van der Waals surface area (Å²) in [6, 6.07) is 3.48. The third-order valence-corrected chi connectivity index (χ3v) is 4.15. The SMILES string of the molecule is [CH2]N1CCOC(CNc2ccc(S(N)(=O)=O)cc2[N+](=O)[O-])C1. The molecule has 2 rings (SSSR count). The summed E-state index contributed by atoms with van der Waals surface area (Å²) in [6.07, 6.45) is -0.149. The van der Waals surface area contributed by atoms with Gasteiger partial charge in [0, 0.05) is 32.7 Å². The first-order valence-electron chi connectivity index (χ1n) is 6.49. The Bertz CT molecular complexity index is 663. The van der Waals surface area contributed by atoms with Crippen molar-refractivity contribution in [2.75, 3.05) is 31.6 Å². The smallest absolute Gasteiger partial charge is 0.293 e. The summed E-state index contributed by atoms with van der Waals surface area (Å²) in [5.74, 6) is 0. The fraction of sp³-hybridized carbons (Fsp3) is 0.417. The highest BCUT2D eigenvalue weighted by atomic mass is 32.2. The molecule has 0 spiro atoms. The van der Waals surface area contributed by atoms with E-state index >= 15 is 0 Å². The summed E-state index contributed by atoms with van der Waals surface area (Å²) in [5, 5.41) is 19.0. The van der Waals surface area contributed by atoms with Gasteiger partial charge in [0.25, 0.3) is 5.69 Å². The summed E-state index contributed by atoms with van der Waals surface area (Å²) < 4.78 is 28.0. The van der Waals surface area contributed by atoms with Crippen LogP contribution in [0.25, 0.3) is 0 Å². The maximum Gasteiger partial charge on any atom is 0.293 e. The van der Waals surface area contributed by atoms with Crippen molar-refractivity contribution >= 4 is 21.4 Å². The minimum atomic E-state index is -3.99. The van der Waals surface area contributed by atoms with Crippen LogP contribution in [0.1, 0.15) is 0 Å². The van der Waals surface area contributed by atoms with E-state index < -0.39 is 14.9 Å². The van der Waals surface area contributed by atoms with Crippen LogP contribution in [0.2, 0.25) is 0 Å². The number of nitrogens with zero attached hydrogens (tertiary/aromatic N) is 2. The van der Waals surface area contributed by atoms with Crippen molar-refractivity contribution in [1.82, 2.24) is 4.90 Å². The number of rotatable bonds is 5. The Morgan fingerprint density at radius 2 is 2.27 bits per heavy atom. The molecule has 0 aliphatic carbocycles. The van der Waals surface area contributed by atoms with Crippen LogP contribution >= 0.6 is 0 Å². The predicted molar refractivity (Wildman–Crippen MR) is 79.6 cm³/mol. The molecule has 1 heterocycles. The first-order chi connectivity index (χ1) is 10.3. The third-order valence-electron chi connectivity index (χ3n) is 3.24. The highest BCUT2D eigenvalue weighted by molar-refractivity contribution is 7.89. The molecule has 1 aromatic rings. The molecular formula is C12H17N4O5S. The molecule has 1 aliphatic heterocycles. The second kappa shape index (κ2) is 6.57. The molecule has 9 nitrogen and oxygen atoms in total. The number of morpholine rings is 1. The van der Waals surface area contributed by atoms with Gasteiger partial charge in [-0.2, -0.15) is 0 Å². The highest BCUT2D eigenvalue weighted by Gasteiger charge is 2.21. The second-order valence-electron chi connectivity index (χ2n) is 4.93. The van der Waals surface area contributed by atoms with Gasteiger partial charge in [0.2, 0.25) is 10.0 Å². The molecule has 1 fully saturated rings. The lowest BCUT2D eigenvalue weighted by Gasteiger charge is -2.30. The minimum absolute atomic E-state index is 0.149. The van der Waals surface area contributed by atoms with Crippen molar-refractivity contribution < 1.29 is 18.1 Å². The van der Waals surface area contributed by atoms with E-state index in [0.29, 0.717) is 19.7 Å². The Morgan fingerprint density at radius 3 is 2.86 bits per heavy atom. The average Bonchev–Trinajstić information content (AvgIpc) is 2.44. The van der Waals surface area contributed by atoms with Gasteiger partial charge in [-0.05, 0) is 12.1 Å². The minimum Gasteiger partial charge on any atom is -0.377 e. The first-order valence-corrected chi connectivity index (χ1v) is 8.04.